The van der Waals surface area contributed by atoms with E-state index in [-0.39, 0.29) is 18.6 Å². The second kappa shape index (κ2) is 7.74. The van der Waals surface area contributed by atoms with Gasteiger partial charge in [0.05, 0.1) is 39.4 Å². The highest BCUT2D eigenvalue weighted by molar-refractivity contribution is 9.10. The summed E-state index contributed by atoms with van der Waals surface area (Å²) in [4.78, 5) is 16.9. The summed E-state index contributed by atoms with van der Waals surface area (Å²) in [6.45, 7) is 0.393. The topological polar surface area (TPSA) is 67.2 Å². The summed E-state index contributed by atoms with van der Waals surface area (Å²) < 4.78 is 1.88. The Bertz CT molecular complexity index is 961. The van der Waals surface area contributed by atoms with Crippen LogP contribution in [0.1, 0.15) is 0 Å². The molecule has 0 amide bonds. The minimum absolute atomic E-state index is 0.112. The number of aliphatic hydroxyl groups is 1. The molecule has 0 bridgehead atoms. The van der Waals surface area contributed by atoms with Crippen LogP contribution < -0.4 is 10.9 Å². The standard InChI is InChI=1S/C17H14BrCl2N3O2/c18-16-13(20)5-6-14-15(16)17(25)23(9-22-14)8-12(24)7-21-11-3-1-10(19)2-4-11/h1-6,9,12,21,24H,7-8H2. The SMILES string of the molecule is O=c1c2c(Br)c(Cl)ccc2ncn1CC(O)CNc1ccc(Cl)cc1. The zero-order valence-electron chi connectivity index (χ0n) is 12.9. The van der Waals surface area contributed by atoms with Gasteiger partial charge < -0.3 is 10.4 Å². The van der Waals surface area contributed by atoms with E-state index < -0.39 is 6.10 Å². The van der Waals surface area contributed by atoms with Crippen molar-refractivity contribution in [2.24, 2.45) is 0 Å². The molecule has 0 fully saturated rings. The van der Waals surface area contributed by atoms with Crippen LogP contribution in [0, 0.1) is 0 Å². The molecule has 2 aromatic carbocycles. The number of rotatable bonds is 5. The van der Waals surface area contributed by atoms with E-state index in [4.69, 9.17) is 23.2 Å². The summed E-state index contributed by atoms with van der Waals surface area (Å²) >= 11 is 15.2. The van der Waals surface area contributed by atoms with E-state index in [1.165, 1.54) is 10.9 Å². The zero-order valence-corrected chi connectivity index (χ0v) is 16.0. The van der Waals surface area contributed by atoms with Crippen molar-refractivity contribution in [2.45, 2.75) is 12.6 Å². The first-order chi connectivity index (χ1) is 12.0. The Morgan fingerprint density at radius 3 is 2.64 bits per heavy atom. The molecule has 3 rings (SSSR count). The van der Waals surface area contributed by atoms with Gasteiger partial charge in [-0.05, 0) is 52.3 Å². The number of hydrogen-bond acceptors (Lipinski definition) is 4. The Labute approximate surface area is 162 Å². The maximum atomic E-state index is 12.6. The first-order valence-corrected chi connectivity index (χ1v) is 9.01. The Morgan fingerprint density at radius 1 is 1.20 bits per heavy atom. The fourth-order valence-electron chi connectivity index (χ4n) is 2.40. The van der Waals surface area contributed by atoms with E-state index in [9.17, 15) is 9.90 Å². The molecule has 3 aromatic rings. The predicted octanol–water partition coefficient (Wildman–Crippen LogP) is 3.94. The van der Waals surface area contributed by atoms with Crippen molar-refractivity contribution in [1.82, 2.24) is 9.55 Å². The van der Waals surface area contributed by atoms with Crippen LogP contribution in [0.25, 0.3) is 10.9 Å². The molecule has 0 saturated carbocycles. The largest absolute Gasteiger partial charge is 0.389 e. The van der Waals surface area contributed by atoms with Crippen molar-refractivity contribution in [2.75, 3.05) is 11.9 Å². The second-order valence-electron chi connectivity index (χ2n) is 5.50. The van der Waals surface area contributed by atoms with Gasteiger partial charge in [-0.15, -0.1) is 0 Å². The van der Waals surface area contributed by atoms with Gasteiger partial charge in [-0.1, -0.05) is 23.2 Å². The molecule has 1 unspecified atom stereocenters. The van der Waals surface area contributed by atoms with Gasteiger partial charge in [0.2, 0.25) is 0 Å². The van der Waals surface area contributed by atoms with Gasteiger partial charge in [-0.2, -0.15) is 0 Å². The van der Waals surface area contributed by atoms with Crippen LogP contribution in [0.3, 0.4) is 0 Å². The number of aliphatic hydroxyl groups excluding tert-OH is 1. The molecular weight excluding hydrogens is 429 g/mol. The molecule has 25 heavy (non-hydrogen) atoms. The highest BCUT2D eigenvalue weighted by Gasteiger charge is 2.13. The number of hydrogen-bond donors (Lipinski definition) is 2. The monoisotopic (exact) mass is 441 g/mol. The van der Waals surface area contributed by atoms with E-state index in [1.807, 2.05) is 12.1 Å². The molecule has 5 nitrogen and oxygen atoms in total. The average molecular weight is 443 g/mol. The van der Waals surface area contributed by atoms with Crippen LogP contribution >= 0.6 is 39.1 Å². The lowest BCUT2D eigenvalue weighted by Gasteiger charge is -2.15. The second-order valence-corrected chi connectivity index (χ2v) is 7.14. The molecule has 130 valence electrons. The van der Waals surface area contributed by atoms with E-state index in [2.05, 4.69) is 26.2 Å². The number of benzene rings is 2. The molecule has 0 aliphatic rings. The van der Waals surface area contributed by atoms with Crippen molar-refractivity contribution in [3.8, 4) is 0 Å². The highest BCUT2D eigenvalue weighted by Crippen LogP contribution is 2.27. The number of nitrogens with zero attached hydrogens (tertiary/aromatic N) is 2. The van der Waals surface area contributed by atoms with E-state index in [0.717, 1.165) is 5.69 Å². The van der Waals surface area contributed by atoms with E-state index in [1.54, 1.807) is 24.3 Å². The van der Waals surface area contributed by atoms with Crippen LogP contribution in [0.2, 0.25) is 10.0 Å². The van der Waals surface area contributed by atoms with Crippen LogP contribution in [-0.4, -0.2) is 27.3 Å². The van der Waals surface area contributed by atoms with Gasteiger partial charge in [0.25, 0.3) is 5.56 Å². The molecule has 1 atom stereocenters. The Balaban J connectivity index is 1.76. The third-order valence-electron chi connectivity index (χ3n) is 3.68. The molecular formula is C17H14BrCl2N3O2. The van der Waals surface area contributed by atoms with Crippen LogP contribution in [-0.2, 0) is 6.54 Å². The van der Waals surface area contributed by atoms with Gasteiger partial charge in [0.15, 0.2) is 0 Å². The first-order valence-electron chi connectivity index (χ1n) is 7.46. The lowest BCUT2D eigenvalue weighted by molar-refractivity contribution is 0.165. The number of halogens is 3. The lowest BCUT2D eigenvalue weighted by atomic mass is 10.2. The van der Waals surface area contributed by atoms with Crippen molar-refractivity contribution in [1.29, 1.82) is 0 Å². The third-order valence-corrected chi connectivity index (χ3v) is 5.30. The fraction of sp³-hybridized carbons (Fsp3) is 0.176. The number of fused-ring (bicyclic) bond motifs is 1. The molecule has 8 heteroatoms. The van der Waals surface area contributed by atoms with Crippen molar-refractivity contribution < 1.29 is 5.11 Å². The van der Waals surface area contributed by atoms with Gasteiger partial charge in [0.1, 0.15) is 0 Å². The number of nitrogens with one attached hydrogen (secondary N) is 1. The summed E-state index contributed by atoms with van der Waals surface area (Å²) in [5.41, 5.74) is 1.12. The molecule has 1 aromatic heterocycles. The molecule has 0 saturated heterocycles. The number of anilines is 1. The maximum absolute atomic E-state index is 12.6. The summed E-state index contributed by atoms with van der Waals surface area (Å²) in [7, 11) is 0. The normalized spacial score (nSPS) is 12.3. The Hall–Kier alpha value is -1.60. The third kappa shape index (κ3) is 4.15. The van der Waals surface area contributed by atoms with Crippen molar-refractivity contribution >= 4 is 55.7 Å². The van der Waals surface area contributed by atoms with Gasteiger partial charge in [-0.3, -0.25) is 9.36 Å². The zero-order chi connectivity index (χ0) is 18.0. The lowest BCUT2D eigenvalue weighted by Crippen LogP contribution is -2.31. The molecule has 1 heterocycles. The average Bonchev–Trinajstić information content (AvgIpc) is 2.60. The highest BCUT2D eigenvalue weighted by atomic mass is 79.9. The Morgan fingerprint density at radius 2 is 1.92 bits per heavy atom. The van der Waals surface area contributed by atoms with Gasteiger partial charge >= 0.3 is 0 Å². The first kappa shape index (κ1) is 18.2. The summed E-state index contributed by atoms with van der Waals surface area (Å²) in [5.74, 6) is 0. The fourth-order valence-corrected chi connectivity index (χ4v) is 3.19. The van der Waals surface area contributed by atoms with Gasteiger partial charge in [-0.25, -0.2) is 4.98 Å². The molecule has 0 aliphatic heterocycles. The summed E-state index contributed by atoms with van der Waals surface area (Å²) in [5, 5.41) is 14.8. The van der Waals surface area contributed by atoms with Crippen LogP contribution in [0.4, 0.5) is 5.69 Å². The molecule has 2 N–H and O–H groups in total. The van der Waals surface area contributed by atoms with Crippen LogP contribution in [0.5, 0.6) is 0 Å². The molecule has 0 spiro atoms. The predicted molar refractivity (Wildman–Crippen MR) is 105 cm³/mol. The minimum Gasteiger partial charge on any atom is -0.389 e. The molecule has 0 radical (unpaired) electrons. The summed E-state index contributed by atoms with van der Waals surface area (Å²) in [6, 6.07) is 10.5. The van der Waals surface area contributed by atoms with E-state index >= 15 is 0 Å². The van der Waals surface area contributed by atoms with E-state index in [0.29, 0.717) is 25.4 Å². The smallest absolute Gasteiger partial charge is 0.262 e. The molecule has 0 aliphatic carbocycles. The van der Waals surface area contributed by atoms with Crippen LogP contribution in [0.15, 0.2) is 52.0 Å². The minimum atomic E-state index is -0.773. The quantitative estimate of drug-likeness (QED) is 0.627. The van der Waals surface area contributed by atoms with Crippen molar-refractivity contribution in [3.05, 3.63) is 67.6 Å². The summed E-state index contributed by atoms with van der Waals surface area (Å²) in [6.07, 6.45) is 0.655. The maximum Gasteiger partial charge on any atom is 0.262 e. The van der Waals surface area contributed by atoms with Crippen molar-refractivity contribution in [3.63, 3.8) is 0 Å². The number of aromatic nitrogens is 2. The Kier molecular flexibility index (Phi) is 5.64. The van der Waals surface area contributed by atoms with Gasteiger partial charge in [0, 0.05) is 17.3 Å².